The third-order valence-corrected chi connectivity index (χ3v) is 6.97. The Balaban J connectivity index is 1.57. The molecule has 0 saturated carbocycles. The lowest BCUT2D eigenvalue weighted by atomic mass is 9.88. The van der Waals surface area contributed by atoms with E-state index in [2.05, 4.69) is 16.1 Å². The number of carbonyl (C=O) groups is 1. The first kappa shape index (κ1) is 19.0. The largest absolute Gasteiger partial charge is 0.338 e. The Morgan fingerprint density at radius 2 is 1.96 bits per heavy atom. The highest BCUT2D eigenvalue weighted by Crippen LogP contribution is 2.33. The van der Waals surface area contributed by atoms with Gasteiger partial charge >= 0.3 is 6.03 Å². The van der Waals surface area contributed by atoms with E-state index in [9.17, 15) is 13.2 Å². The minimum Gasteiger partial charge on any atom is -0.338 e. The van der Waals surface area contributed by atoms with E-state index in [1.807, 2.05) is 25.1 Å². The van der Waals surface area contributed by atoms with Gasteiger partial charge in [-0.3, -0.25) is 4.90 Å². The standard InChI is InChI=1S/C21H25N3O3S/c1-2-22-21(25)24-13-12-16-14-17(10-11-20(16)24)28(26,27)23-19-9-5-7-15-6-3-4-8-18(15)19/h3-4,6,8,10-11,14,19,23H,2,5,7,9,12-13H2,1H3,(H,22,25)/t19-/m1/s1. The first-order chi connectivity index (χ1) is 13.5. The molecule has 1 heterocycles. The number of benzene rings is 2. The van der Waals surface area contributed by atoms with Gasteiger partial charge < -0.3 is 5.32 Å². The van der Waals surface area contributed by atoms with Gasteiger partial charge in [0.05, 0.1) is 4.90 Å². The summed E-state index contributed by atoms with van der Waals surface area (Å²) in [6, 6.07) is 12.7. The third kappa shape index (κ3) is 3.52. The molecule has 28 heavy (non-hydrogen) atoms. The van der Waals surface area contributed by atoms with Crippen LogP contribution in [0.2, 0.25) is 0 Å². The molecule has 4 rings (SSSR count). The van der Waals surface area contributed by atoms with Gasteiger partial charge in [-0.1, -0.05) is 24.3 Å². The molecule has 1 atom stereocenters. The molecule has 2 aliphatic rings. The molecule has 0 radical (unpaired) electrons. The summed E-state index contributed by atoms with van der Waals surface area (Å²) in [5, 5.41) is 2.79. The van der Waals surface area contributed by atoms with Crippen molar-refractivity contribution in [3.05, 3.63) is 59.2 Å². The van der Waals surface area contributed by atoms with Crippen molar-refractivity contribution in [2.75, 3.05) is 18.0 Å². The zero-order valence-electron chi connectivity index (χ0n) is 15.9. The number of hydrogen-bond acceptors (Lipinski definition) is 3. The molecular weight excluding hydrogens is 374 g/mol. The van der Waals surface area contributed by atoms with E-state index in [1.165, 1.54) is 5.56 Å². The number of aryl methyl sites for hydroxylation is 1. The molecule has 7 heteroatoms. The van der Waals surface area contributed by atoms with Gasteiger partial charge in [0.1, 0.15) is 0 Å². The van der Waals surface area contributed by atoms with Crippen LogP contribution in [-0.4, -0.2) is 27.5 Å². The summed E-state index contributed by atoms with van der Waals surface area (Å²) >= 11 is 0. The van der Waals surface area contributed by atoms with Crippen molar-refractivity contribution >= 4 is 21.7 Å². The van der Waals surface area contributed by atoms with Gasteiger partial charge in [0.2, 0.25) is 10.0 Å². The van der Waals surface area contributed by atoms with Crippen LogP contribution in [0.5, 0.6) is 0 Å². The van der Waals surface area contributed by atoms with Crippen LogP contribution < -0.4 is 14.9 Å². The van der Waals surface area contributed by atoms with Crippen molar-refractivity contribution in [1.29, 1.82) is 0 Å². The SMILES string of the molecule is CCNC(=O)N1CCc2cc(S(=O)(=O)N[C@@H]3CCCc4ccccc43)ccc21. The average molecular weight is 400 g/mol. The van der Waals surface area contributed by atoms with Crippen LogP contribution in [0.15, 0.2) is 47.4 Å². The first-order valence-electron chi connectivity index (χ1n) is 9.78. The Kier molecular flexibility index (Phi) is 5.12. The Bertz CT molecular complexity index is 1000. The van der Waals surface area contributed by atoms with Crippen LogP contribution in [0, 0.1) is 0 Å². The molecular formula is C21H25N3O3S. The van der Waals surface area contributed by atoms with Crippen LogP contribution in [0.3, 0.4) is 0 Å². The summed E-state index contributed by atoms with van der Waals surface area (Å²) < 4.78 is 28.9. The number of nitrogens with zero attached hydrogens (tertiary/aromatic N) is 1. The molecule has 0 fully saturated rings. The van der Waals surface area contributed by atoms with Crippen molar-refractivity contribution in [1.82, 2.24) is 10.0 Å². The molecule has 0 bridgehead atoms. The molecule has 148 valence electrons. The number of amides is 2. The lowest BCUT2D eigenvalue weighted by Gasteiger charge is -2.26. The van der Waals surface area contributed by atoms with Gasteiger partial charge in [-0.05, 0) is 67.5 Å². The van der Waals surface area contributed by atoms with Gasteiger partial charge in [0.25, 0.3) is 0 Å². The number of rotatable bonds is 4. The van der Waals surface area contributed by atoms with E-state index in [0.717, 1.165) is 36.1 Å². The molecule has 2 aromatic rings. The summed E-state index contributed by atoms with van der Waals surface area (Å²) in [6.07, 6.45) is 3.41. The molecule has 6 nitrogen and oxygen atoms in total. The summed E-state index contributed by atoms with van der Waals surface area (Å²) in [5.74, 6) is 0. The first-order valence-corrected chi connectivity index (χ1v) is 11.3. The Labute approximate surface area is 166 Å². The summed E-state index contributed by atoms with van der Waals surface area (Å²) in [6.45, 7) is 3.00. The topological polar surface area (TPSA) is 78.5 Å². The van der Waals surface area contributed by atoms with Gasteiger partial charge in [-0.2, -0.15) is 0 Å². The predicted molar refractivity (Wildman–Crippen MR) is 109 cm³/mol. The second kappa shape index (κ2) is 7.56. The molecule has 1 aliphatic heterocycles. The number of sulfonamides is 1. The van der Waals surface area contributed by atoms with Crippen LogP contribution >= 0.6 is 0 Å². The molecule has 2 aromatic carbocycles. The lowest BCUT2D eigenvalue weighted by Crippen LogP contribution is -2.38. The molecule has 2 amide bonds. The van der Waals surface area contributed by atoms with Gasteiger partial charge in [-0.15, -0.1) is 0 Å². The fraction of sp³-hybridized carbons (Fsp3) is 0.381. The van der Waals surface area contributed by atoms with Crippen molar-refractivity contribution in [2.45, 2.75) is 43.5 Å². The molecule has 2 N–H and O–H groups in total. The number of anilines is 1. The van der Waals surface area contributed by atoms with Crippen LogP contribution in [-0.2, 0) is 22.9 Å². The number of hydrogen-bond donors (Lipinski definition) is 2. The van der Waals surface area contributed by atoms with Crippen molar-refractivity contribution in [3.63, 3.8) is 0 Å². The number of carbonyl (C=O) groups excluding carboxylic acids is 1. The minimum atomic E-state index is -3.64. The third-order valence-electron chi connectivity index (χ3n) is 5.50. The molecule has 0 aromatic heterocycles. The maximum absolute atomic E-state index is 13.0. The monoisotopic (exact) mass is 399 g/mol. The van der Waals surface area contributed by atoms with Crippen LogP contribution in [0.25, 0.3) is 0 Å². The molecule has 0 saturated heterocycles. The highest BCUT2D eigenvalue weighted by atomic mass is 32.2. The molecule has 0 spiro atoms. The smallest absolute Gasteiger partial charge is 0.321 e. The second-order valence-electron chi connectivity index (χ2n) is 7.29. The van der Waals surface area contributed by atoms with Crippen molar-refractivity contribution in [3.8, 4) is 0 Å². The van der Waals surface area contributed by atoms with Crippen LogP contribution in [0.4, 0.5) is 10.5 Å². The highest BCUT2D eigenvalue weighted by Gasteiger charge is 2.29. The zero-order valence-corrected chi connectivity index (χ0v) is 16.8. The summed E-state index contributed by atoms with van der Waals surface area (Å²) in [7, 11) is -3.64. The fourth-order valence-electron chi connectivity index (χ4n) is 4.13. The maximum Gasteiger partial charge on any atom is 0.321 e. The van der Waals surface area contributed by atoms with E-state index in [0.29, 0.717) is 19.5 Å². The van der Waals surface area contributed by atoms with E-state index >= 15 is 0 Å². The van der Waals surface area contributed by atoms with Gasteiger partial charge in [-0.25, -0.2) is 17.9 Å². The number of urea groups is 1. The summed E-state index contributed by atoms with van der Waals surface area (Å²) in [4.78, 5) is 14.1. The number of fused-ring (bicyclic) bond motifs is 2. The number of nitrogens with one attached hydrogen (secondary N) is 2. The fourth-order valence-corrected chi connectivity index (χ4v) is 5.43. The second-order valence-corrected chi connectivity index (χ2v) is 9.01. The molecule has 0 unspecified atom stereocenters. The maximum atomic E-state index is 13.0. The van der Waals surface area contributed by atoms with E-state index < -0.39 is 10.0 Å². The van der Waals surface area contributed by atoms with E-state index in [-0.39, 0.29) is 17.0 Å². The average Bonchev–Trinajstić information content (AvgIpc) is 3.12. The Hall–Kier alpha value is -2.38. The quantitative estimate of drug-likeness (QED) is 0.829. The highest BCUT2D eigenvalue weighted by molar-refractivity contribution is 7.89. The van der Waals surface area contributed by atoms with E-state index in [4.69, 9.17) is 0 Å². The lowest BCUT2D eigenvalue weighted by molar-refractivity contribution is 0.247. The van der Waals surface area contributed by atoms with Crippen molar-refractivity contribution < 1.29 is 13.2 Å². The van der Waals surface area contributed by atoms with Gasteiger partial charge in [0.15, 0.2) is 0 Å². The Morgan fingerprint density at radius 1 is 1.14 bits per heavy atom. The van der Waals surface area contributed by atoms with E-state index in [1.54, 1.807) is 23.1 Å². The minimum absolute atomic E-state index is 0.145. The van der Waals surface area contributed by atoms with Crippen molar-refractivity contribution in [2.24, 2.45) is 0 Å². The molecule has 1 aliphatic carbocycles. The predicted octanol–water partition coefficient (Wildman–Crippen LogP) is 3.13. The normalized spacial score (nSPS) is 18.5. The zero-order chi connectivity index (χ0) is 19.7. The van der Waals surface area contributed by atoms with Gasteiger partial charge in [0, 0.05) is 24.8 Å². The van der Waals surface area contributed by atoms with Crippen LogP contribution in [0.1, 0.15) is 42.5 Å². The summed E-state index contributed by atoms with van der Waals surface area (Å²) in [5.41, 5.74) is 3.96. The Morgan fingerprint density at radius 3 is 2.79 bits per heavy atom.